The van der Waals surface area contributed by atoms with Crippen molar-refractivity contribution in [1.29, 1.82) is 0 Å². The van der Waals surface area contributed by atoms with Crippen LogP contribution in [0.1, 0.15) is 33.7 Å². The van der Waals surface area contributed by atoms with Gasteiger partial charge >= 0.3 is 5.97 Å². The van der Waals surface area contributed by atoms with Gasteiger partial charge in [-0.2, -0.15) is 0 Å². The Bertz CT molecular complexity index is 2860. The van der Waals surface area contributed by atoms with Gasteiger partial charge in [0, 0.05) is 46.5 Å². The maximum absolute atomic E-state index is 14.6. The first-order valence-electron chi connectivity index (χ1n) is 17.7. The number of aryl methyl sites for hydroxylation is 1. The van der Waals surface area contributed by atoms with E-state index in [1.54, 1.807) is 13.0 Å². The Morgan fingerprint density at radius 2 is 1.35 bits per heavy atom. The smallest absolute Gasteiger partial charge is 0.307 e. The molecule has 0 spiro atoms. The van der Waals surface area contributed by atoms with Gasteiger partial charge in [0.25, 0.3) is 15.7 Å². The van der Waals surface area contributed by atoms with Crippen LogP contribution >= 0.6 is 0 Å². The van der Waals surface area contributed by atoms with Crippen LogP contribution in [0.3, 0.4) is 0 Å². The average molecular weight is 747 g/mol. The number of furan rings is 1. The van der Waals surface area contributed by atoms with Gasteiger partial charge in [-0.1, -0.05) is 115 Å². The Morgan fingerprint density at radius 3 is 2.02 bits per heavy atom. The number of nitrogens with zero attached hydrogens (tertiary/aromatic N) is 2. The van der Waals surface area contributed by atoms with E-state index < -0.39 is 27.3 Å². The van der Waals surface area contributed by atoms with Gasteiger partial charge in [0.15, 0.2) is 0 Å². The number of para-hydroxylation sites is 1. The van der Waals surface area contributed by atoms with Crippen LogP contribution in [-0.2, 0) is 34.1 Å². The molecule has 0 bridgehead atoms. The number of benzene rings is 6. The van der Waals surface area contributed by atoms with Gasteiger partial charge in [0.2, 0.25) is 0 Å². The molecular formula is C45H34N2O7S. The number of hydrogen-bond donors (Lipinski definition) is 1. The zero-order valence-corrected chi connectivity index (χ0v) is 30.5. The lowest BCUT2D eigenvalue weighted by molar-refractivity contribution is -0.385. The summed E-state index contributed by atoms with van der Waals surface area (Å²) in [6.07, 6.45) is 0.297. The van der Waals surface area contributed by atoms with Crippen LogP contribution in [0.25, 0.3) is 44.1 Å². The second-order valence-electron chi connectivity index (χ2n) is 13.5. The number of hydrogen-bond acceptors (Lipinski definition) is 6. The maximum Gasteiger partial charge on any atom is 0.307 e. The summed E-state index contributed by atoms with van der Waals surface area (Å²) in [5, 5.41) is 23.4. The number of aliphatic carboxylic acids is 1. The molecule has 0 aliphatic heterocycles. The zero-order chi connectivity index (χ0) is 38.3. The number of rotatable bonds is 11. The number of carboxylic acids is 1. The molecule has 0 radical (unpaired) electrons. The van der Waals surface area contributed by atoms with Crippen molar-refractivity contribution in [3.63, 3.8) is 0 Å². The summed E-state index contributed by atoms with van der Waals surface area (Å²) in [5.74, 6) is -0.266. The van der Waals surface area contributed by atoms with Crippen molar-refractivity contribution >= 4 is 43.6 Å². The topological polar surface area (TPSA) is 133 Å². The SMILES string of the molecule is Cc1ccc(S(=O)(=O)n2c(Cc3ccccc3)c(CC(=O)O)c3cc(-c4ccc(-c5c(Cc6ccccc6)oc6ccccc56)cc4)ccc32)cc1[N+](=O)[O-]. The molecule has 55 heavy (non-hydrogen) atoms. The molecule has 0 amide bonds. The third-order valence-corrected chi connectivity index (χ3v) is 11.7. The molecule has 0 saturated heterocycles. The predicted molar refractivity (Wildman–Crippen MR) is 213 cm³/mol. The normalized spacial score (nSPS) is 11.7. The Morgan fingerprint density at radius 1 is 0.727 bits per heavy atom. The molecule has 10 heteroatoms. The van der Waals surface area contributed by atoms with Gasteiger partial charge in [-0.15, -0.1) is 0 Å². The van der Waals surface area contributed by atoms with Crippen LogP contribution in [0.2, 0.25) is 0 Å². The van der Waals surface area contributed by atoms with Crippen LogP contribution in [-0.4, -0.2) is 28.4 Å². The molecule has 272 valence electrons. The number of nitro benzene ring substituents is 1. The number of aromatic nitrogens is 1. The van der Waals surface area contributed by atoms with E-state index in [-0.39, 0.29) is 28.2 Å². The van der Waals surface area contributed by atoms with Crippen LogP contribution in [0.4, 0.5) is 5.69 Å². The first kappa shape index (κ1) is 35.3. The minimum absolute atomic E-state index is 0.110. The minimum atomic E-state index is -4.45. The maximum atomic E-state index is 14.6. The molecule has 2 heterocycles. The molecule has 0 unspecified atom stereocenters. The molecule has 9 nitrogen and oxygen atoms in total. The Kier molecular flexibility index (Phi) is 9.12. The van der Waals surface area contributed by atoms with Crippen molar-refractivity contribution in [3.8, 4) is 22.3 Å². The molecular weight excluding hydrogens is 713 g/mol. The highest BCUT2D eigenvalue weighted by Crippen LogP contribution is 2.39. The third-order valence-electron chi connectivity index (χ3n) is 9.97. The van der Waals surface area contributed by atoms with Crippen LogP contribution < -0.4 is 0 Å². The summed E-state index contributed by atoms with van der Waals surface area (Å²) in [4.78, 5) is 23.3. The quantitative estimate of drug-likeness (QED) is 0.103. The van der Waals surface area contributed by atoms with Crippen molar-refractivity contribution in [3.05, 3.63) is 189 Å². The van der Waals surface area contributed by atoms with Gasteiger partial charge in [0.1, 0.15) is 11.3 Å². The molecule has 1 N–H and O–H groups in total. The first-order valence-corrected chi connectivity index (χ1v) is 19.1. The van der Waals surface area contributed by atoms with Crippen LogP contribution in [0.5, 0.6) is 0 Å². The highest BCUT2D eigenvalue weighted by atomic mass is 32.2. The standard InChI is InChI=1S/C45H34N2O7S/c1-29-16-22-35(27-40(29)47(50)51)55(52,53)46-39-23-21-34(26-37(39)38(28-44(48)49)41(46)24-30-10-4-2-5-11-30)32-17-19-33(20-18-32)45-36-14-8-9-15-42(36)54-43(45)25-31-12-6-3-7-13-31/h2-23,26-27H,24-25,28H2,1H3,(H,48,49). The summed E-state index contributed by atoms with van der Waals surface area (Å²) >= 11 is 0. The molecule has 0 fully saturated rings. The van der Waals surface area contributed by atoms with Crippen LogP contribution in [0.15, 0.2) is 155 Å². The summed E-state index contributed by atoms with van der Waals surface area (Å²) in [5.41, 5.74) is 7.20. The van der Waals surface area contributed by atoms with Gasteiger partial charge in [0.05, 0.1) is 21.8 Å². The summed E-state index contributed by atoms with van der Waals surface area (Å²) < 4.78 is 36.7. The number of carbonyl (C=O) groups is 1. The molecule has 0 saturated carbocycles. The monoisotopic (exact) mass is 746 g/mol. The molecule has 0 atom stereocenters. The number of carboxylic acid groups (broad SMARTS) is 1. The highest BCUT2D eigenvalue weighted by molar-refractivity contribution is 7.90. The van der Waals surface area contributed by atoms with E-state index in [9.17, 15) is 28.4 Å². The molecule has 2 aromatic heterocycles. The van der Waals surface area contributed by atoms with Gasteiger partial charge in [-0.05, 0) is 64.6 Å². The van der Waals surface area contributed by atoms with E-state index in [1.807, 2.05) is 103 Å². The second-order valence-corrected chi connectivity index (χ2v) is 15.3. The van der Waals surface area contributed by atoms with E-state index in [0.29, 0.717) is 22.9 Å². The molecule has 6 aromatic carbocycles. The minimum Gasteiger partial charge on any atom is -0.481 e. The fourth-order valence-electron chi connectivity index (χ4n) is 7.35. The third kappa shape index (κ3) is 6.68. The second kappa shape index (κ2) is 14.2. The van der Waals surface area contributed by atoms with E-state index >= 15 is 0 Å². The average Bonchev–Trinajstić information content (AvgIpc) is 3.69. The van der Waals surface area contributed by atoms with E-state index in [4.69, 9.17) is 4.42 Å². The van der Waals surface area contributed by atoms with Crippen LogP contribution in [0, 0.1) is 17.0 Å². The number of nitro groups is 1. The van der Waals surface area contributed by atoms with Gasteiger partial charge < -0.3 is 9.52 Å². The Balaban J connectivity index is 1.27. The highest BCUT2D eigenvalue weighted by Gasteiger charge is 2.30. The van der Waals surface area contributed by atoms with Crippen molar-refractivity contribution in [2.24, 2.45) is 0 Å². The summed E-state index contributed by atoms with van der Waals surface area (Å²) in [6.45, 7) is 1.54. The van der Waals surface area contributed by atoms with E-state index in [1.165, 1.54) is 12.1 Å². The Labute approximate surface area is 316 Å². The fourth-order valence-corrected chi connectivity index (χ4v) is 8.94. The summed E-state index contributed by atoms with van der Waals surface area (Å²) in [7, 11) is -4.45. The van der Waals surface area contributed by atoms with E-state index in [0.717, 1.165) is 60.1 Å². The molecule has 0 aliphatic carbocycles. The molecule has 8 rings (SSSR count). The lowest BCUT2D eigenvalue weighted by atomic mass is 9.95. The van der Waals surface area contributed by atoms with E-state index in [2.05, 4.69) is 18.2 Å². The predicted octanol–water partition coefficient (Wildman–Crippen LogP) is 9.98. The number of fused-ring (bicyclic) bond motifs is 2. The molecule has 8 aromatic rings. The lowest BCUT2D eigenvalue weighted by Crippen LogP contribution is -2.17. The van der Waals surface area contributed by atoms with Crippen molar-refractivity contribution in [1.82, 2.24) is 3.97 Å². The fraction of sp³-hybridized carbons (Fsp3) is 0.0889. The van der Waals surface area contributed by atoms with Crippen molar-refractivity contribution in [2.75, 3.05) is 0 Å². The van der Waals surface area contributed by atoms with Crippen molar-refractivity contribution in [2.45, 2.75) is 31.1 Å². The molecule has 0 aliphatic rings. The summed E-state index contributed by atoms with van der Waals surface area (Å²) in [6, 6.07) is 44.5. The van der Waals surface area contributed by atoms with Crippen molar-refractivity contribution < 1.29 is 27.7 Å². The first-order chi connectivity index (χ1) is 26.6. The lowest BCUT2D eigenvalue weighted by Gasteiger charge is -2.14. The van der Waals surface area contributed by atoms with Gasteiger partial charge in [-0.25, -0.2) is 12.4 Å². The van der Waals surface area contributed by atoms with Gasteiger partial charge in [-0.3, -0.25) is 14.9 Å². The Hall–Kier alpha value is -6.78. The largest absolute Gasteiger partial charge is 0.481 e. The zero-order valence-electron chi connectivity index (χ0n) is 29.7.